The van der Waals surface area contributed by atoms with E-state index in [-0.39, 0.29) is 12.8 Å². The minimum Gasteiger partial charge on any atom is -0.466 e. The van der Waals surface area contributed by atoms with Crippen LogP contribution < -0.4 is 0 Å². The minimum atomic E-state index is -0.793. The first-order chi connectivity index (χ1) is 6.63. The summed E-state index contributed by atoms with van der Waals surface area (Å²) in [7, 11) is 2.95. The Kier molecular flexibility index (Phi) is 7.37. The predicted octanol–water partition coefficient (Wildman–Crippen LogP) is 0.309. The van der Waals surface area contributed by atoms with Crippen LogP contribution in [0.25, 0.3) is 0 Å². The molecule has 0 saturated heterocycles. The Morgan fingerprint density at radius 3 is 2.36 bits per heavy atom. The van der Waals surface area contributed by atoms with Gasteiger partial charge in [-0.05, 0) is 6.92 Å². The molecule has 0 aliphatic heterocycles. The summed E-state index contributed by atoms with van der Waals surface area (Å²) in [5.41, 5.74) is 0. The first-order valence-corrected chi connectivity index (χ1v) is 4.53. The molecular formula is C9H18O5. The number of carbonyl (C=O) groups is 1. The average molecular weight is 206 g/mol. The summed E-state index contributed by atoms with van der Waals surface area (Å²) in [4.78, 5) is 10.9. The molecule has 0 heterocycles. The molecule has 0 saturated carbocycles. The smallest absolute Gasteiger partial charge is 0.308 e. The van der Waals surface area contributed by atoms with Crippen molar-refractivity contribution in [3.63, 3.8) is 0 Å². The van der Waals surface area contributed by atoms with Crippen LogP contribution in [0.2, 0.25) is 0 Å². The third kappa shape index (κ3) is 5.90. The zero-order chi connectivity index (χ0) is 11.0. The van der Waals surface area contributed by atoms with Gasteiger partial charge < -0.3 is 19.3 Å². The highest BCUT2D eigenvalue weighted by Gasteiger charge is 2.16. The second-order valence-corrected chi connectivity index (χ2v) is 2.80. The highest BCUT2D eigenvalue weighted by molar-refractivity contribution is 5.69. The predicted molar refractivity (Wildman–Crippen MR) is 49.7 cm³/mol. The van der Waals surface area contributed by atoms with Crippen molar-refractivity contribution in [2.45, 2.75) is 32.2 Å². The number of aliphatic hydroxyl groups excluding tert-OH is 1. The molecule has 0 unspecified atom stereocenters. The van der Waals surface area contributed by atoms with Crippen molar-refractivity contribution in [3.05, 3.63) is 0 Å². The molecule has 0 fully saturated rings. The van der Waals surface area contributed by atoms with Crippen LogP contribution in [0.5, 0.6) is 0 Å². The summed E-state index contributed by atoms with van der Waals surface area (Å²) in [6.07, 6.45) is -1.05. The molecule has 0 amide bonds. The van der Waals surface area contributed by atoms with Crippen molar-refractivity contribution < 1.29 is 24.1 Å². The van der Waals surface area contributed by atoms with Crippen LogP contribution >= 0.6 is 0 Å². The standard InChI is InChI=1S/C9H18O5/c1-4-14-8(11)5-7(10)6-9(12-2)13-3/h7,9-10H,4-6H2,1-3H3/t7-/m0/s1. The molecule has 0 aliphatic carbocycles. The fraction of sp³-hybridized carbons (Fsp3) is 0.889. The van der Waals surface area contributed by atoms with Gasteiger partial charge in [-0.25, -0.2) is 0 Å². The van der Waals surface area contributed by atoms with E-state index in [1.54, 1.807) is 6.92 Å². The van der Waals surface area contributed by atoms with Crippen LogP contribution in [0.1, 0.15) is 19.8 Å². The van der Waals surface area contributed by atoms with Crippen molar-refractivity contribution >= 4 is 5.97 Å². The van der Waals surface area contributed by atoms with Crippen LogP contribution in [0.3, 0.4) is 0 Å². The summed E-state index contributed by atoms with van der Waals surface area (Å²) < 4.78 is 14.4. The number of methoxy groups -OCH3 is 2. The second kappa shape index (κ2) is 7.73. The molecule has 5 nitrogen and oxygen atoms in total. The second-order valence-electron chi connectivity index (χ2n) is 2.80. The Labute approximate surface area is 84.0 Å². The summed E-state index contributed by atoms with van der Waals surface area (Å²) in [5, 5.41) is 9.42. The van der Waals surface area contributed by atoms with E-state index in [1.165, 1.54) is 14.2 Å². The van der Waals surface area contributed by atoms with E-state index in [0.717, 1.165) is 0 Å². The van der Waals surface area contributed by atoms with Crippen LogP contribution in [0.15, 0.2) is 0 Å². The fourth-order valence-corrected chi connectivity index (χ4v) is 1.01. The van der Waals surface area contributed by atoms with Crippen LogP contribution in [0.4, 0.5) is 0 Å². The highest BCUT2D eigenvalue weighted by Crippen LogP contribution is 2.06. The number of ether oxygens (including phenoxy) is 3. The van der Waals surface area contributed by atoms with E-state index >= 15 is 0 Å². The van der Waals surface area contributed by atoms with Gasteiger partial charge in [0.1, 0.15) is 0 Å². The quantitative estimate of drug-likeness (QED) is 0.479. The topological polar surface area (TPSA) is 65.0 Å². The van der Waals surface area contributed by atoms with Crippen LogP contribution in [-0.4, -0.2) is 44.3 Å². The fourth-order valence-electron chi connectivity index (χ4n) is 1.01. The molecule has 0 rings (SSSR count). The molecule has 0 radical (unpaired) electrons. The molecule has 14 heavy (non-hydrogen) atoms. The van der Waals surface area contributed by atoms with Crippen molar-refractivity contribution in [1.82, 2.24) is 0 Å². The number of hydrogen-bond donors (Lipinski definition) is 1. The van der Waals surface area contributed by atoms with Crippen molar-refractivity contribution in [1.29, 1.82) is 0 Å². The van der Waals surface area contributed by atoms with E-state index in [2.05, 4.69) is 4.74 Å². The molecule has 5 heteroatoms. The largest absolute Gasteiger partial charge is 0.466 e. The van der Waals surface area contributed by atoms with Gasteiger partial charge in [-0.3, -0.25) is 4.79 Å². The van der Waals surface area contributed by atoms with Gasteiger partial charge in [0.15, 0.2) is 6.29 Å². The summed E-state index contributed by atoms with van der Waals surface area (Å²) in [5.74, 6) is -0.411. The lowest BCUT2D eigenvalue weighted by atomic mass is 10.2. The van der Waals surface area contributed by atoms with Gasteiger partial charge in [-0.15, -0.1) is 0 Å². The molecular weight excluding hydrogens is 188 g/mol. The van der Waals surface area contributed by atoms with Gasteiger partial charge in [0.2, 0.25) is 0 Å². The summed E-state index contributed by atoms with van der Waals surface area (Å²) in [6, 6.07) is 0. The zero-order valence-corrected chi connectivity index (χ0v) is 8.86. The molecule has 0 bridgehead atoms. The van der Waals surface area contributed by atoms with Gasteiger partial charge in [0, 0.05) is 20.6 Å². The molecule has 84 valence electrons. The average Bonchev–Trinajstić information content (AvgIpc) is 2.14. The van der Waals surface area contributed by atoms with E-state index in [4.69, 9.17) is 9.47 Å². The minimum absolute atomic E-state index is 0.0307. The molecule has 0 aromatic rings. The van der Waals surface area contributed by atoms with Crippen LogP contribution in [-0.2, 0) is 19.0 Å². The number of hydrogen-bond acceptors (Lipinski definition) is 5. The third-order valence-electron chi connectivity index (χ3n) is 1.70. The lowest BCUT2D eigenvalue weighted by molar-refractivity contribution is -0.149. The Balaban J connectivity index is 3.72. The number of carbonyl (C=O) groups excluding carboxylic acids is 1. The van der Waals surface area contributed by atoms with Crippen LogP contribution in [0, 0.1) is 0 Å². The van der Waals surface area contributed by atoms with Gasteiger partial charge in [0.25, 0.3) is 0 Å². The Morgan fingerprint density at radius 2 is 1.93 bits per heavy atom. The maximum atomic E-state index is 10.9. The number of esters is 1. The Morgan fingerprint density at radius 1 is 1.36 bits per heavy atom. The SMILES string of the molecule is CCOC(=O)C[C@H](O)CC(OC)OC. The van der Waals surface area contributed by atoms with Crippen molar-refractivity contribution in [2.75, 3.05) is 20.8 Å². The van der Waals surface area contributed by atoms with Gasteiger partial charge >= 0.3 is 5.97 Å². The lowest BCUT2D eigenvalue weighted by Crippen LogP contribution is -2.24. The summed E-state index contributed by atoms with van der Waals surface area (Å²) >= 11 is 0. The maximum absolute atomic E-state index is 10.9. The normalized spacial score (nSPS) is 12.9. The van der Waals surface area contributed by atoms with Crippen molar-refractivity contribution in [2.24, 2.45) is 0 Å². The lowest BCUT2D eigenvalue weighted by Gasteiger charge is -2.16. The van der Waals surface area contributed by atoms with E-state index < -0.39 is 18.4 Å². The first kappa shape index (κ1) is 13.4. The molecule has 0 aromatic heterocycles. The molecule has 0 spiro atoms. The first-order valence-electron chi connectivity index (χ1n) is 4.53. The van der Waals surface area contributed by atoms with E-state index in [9.17, 15) is 9.90 Å². The van der Waals surface area contributed by atoms with Gasteiger partial charge in [0.05, 0.1) is 19.1 Å². The van der Waals surface area contributed by atoms with Gasteiger partial charge in [-0.1, -0.05) is 0 Å². The molecule has 1 atom stereocenters. The maximum Gasteiger partial charge on any atom is 0.308 e. The third-order valence-corrected chi connectivity index (χ3v) is 1.70. The van der Waals surface area contributed by atoms with Gasteiger partial charge in [-0.2, -0.15) is 0 Å². The van der Waals surface area contributed by atoms with E-state index in [0.29, 0.717) is 6.61 Å². The number of rotatable bonds is 7. The van der Waals surface area contributed by atoms with E-state index in [1.807, 2.05) is 0 Å². The molecule has 0 aliphatic rings. The number of aliphatic hydroxyl groups is 1. The molecule has 1 N–H and O–H groups in total. The van der Waals surface area contributed by atoms with Crippen molar-refractivity contribution in [3.8, 4) is 0 Å². The monoisotopic (exact) mass is 206 g/mol. The molecule has 0 aromatic carbocycles. The Bertz CT molecular complexity index is 155. The summed E-state index contributed by atoms with van der Waals surface area (Å²) in [6.45, 7) is 2.04. The zero-order valence-electron chi connectivity index (χ0n) is 8.86. The Hall–Kier alpha value is -0.650. The highest BCUT2D eigenvalue weighted by atomic mass is 16.7.